The van der Waals surface area contributed by atoms with Gasteiger partial charge in [0.05, 0.1) is 28.9 Å². The fraction of sp³-hybridized carbons (Fsp3) is 0.393. The van der Waals surface area contributed by atoms with Crippen molar-refractivity contribution in [3.8, 4) is 5.75 Å². The van der Waals surface area contributed by atoms with Crippen LogP contribution in [0.3, 0.4) is 0 Å². The summed E-state index contributed by atoms with van der Waals surface area (Å²) in [6.07, 6.45) is -0.310. The second-order valence-corrected chi connectivity index (χ2v) is 13.0. The van der Waals surface area contributed by atoms with Crippen LogP contribution in [0.5, 0.6) is 5.75 Å². The van der Waals surface area contributed by atoms with Crippen LogP contribution < -0.4 is 10.1 Å². The zero-order chi connectivity index (χ0) is 31.1. The van der Waals surface area contributed by atoms with Crippen molar-refractivity contribution >= 4 is 27.5 Å². The van der Waals surface area contributed by atoms with Crippen molar-refractivity contribution in [2.24, 2.45) is 0 Å². The van der Waals surface area contributed by atoms with Crippen LogP contribution in [0.1, 0.15) is 48.7 Å². The first kappa shape index (κ1) is 30.8. The molecule has 1 amide bonds. The van der Waals surface area contributed by atoms with Crippen molar-refractivity contribution in [3.05, 3.63) is 82.4 Å². The standard InChI is InChI=1S/C28H30ClF3N6O4S/c1-17(2)36(3)15-18-4-6-21-23(8-11-42-25(21)12-18)37-16-20(34-35-37)14-24-27(39)33-9-10-38(24)43(40,41)26-7-5-19(13-22(26)29)28(30,31)32/h4-7,9-10,12-13,16-17,23-24H,8,11,14-15H2,1-3H3,(H,33,39). The Morgan fingerprint density at radius 2 is 1.98 bits per heavy atom. The van der Waals surface area contributed by atoms with E-state index in [0.29, 0.717) is 36.9 Å². The van der Waals surface area contributed by atoms with Gasteiger partial charge in [-0.3, -0.25) is 14.0 Å². The molecule has 1 N–H and O–H groups in total. The molecule has 5 rings (SSSR count). The maximum atomic E-state index is 13.5. The Morgan fingerprint density at radius 1 is 1.21 bits per heavy atom. The summed E-state index contributed by atoms with van der Waals surface area (Å²) in [6.45, 7) is 5.48. The molecule has 0 saturated heterocycles. The van der Waals surface area contributed by atoms with E-state index in [9.17, 15) is 26.4 Å². The predicted octanol–water partition coefficient (Wildman–Crippen LogP) is 4.37. The molecule has 0 bridgehead atoms. The zero-order valence-electron chi connectivity index (χ0n) is 23.5. The minimum Gasteiger partial charge on any atom is -0.493 e. The third-order valence-corrected chi connectivity index (χ3v) is 9.82. The number of fused-ring (bicyclic) bond motifs is 1. The quantitative estimate of drug-likeness (QED) is 0.390. The largest absolute Gasteiger partial charge is 0.493 e. The Hall–Kier alpha value is -3.62. The first-order valence-corrected chi connectivity index (χ1v) is 15.3. The Labute approximate surface area is 252 Å². The summed E-state index contributed by atoms with van der Waals surface area (Å²) in [5.41, 5.74) is 1.29. The van der Waals surface area contributed by atoms with E-state index >= 15 is 0 Å². The molecule has 0 aliphatic carbocycles. The van der Waals surface area contributed by atoms with E-state index < -0.39 is 43.6 Å². The zero-order valence-corrected chi connectivity index (χ0v) is 25.1. The maximum Gasteiger partial charge on any atom is 0.416 e. The number of halogens is 4. The van der Waals surface area contributed by atoms with Crippen LogP contribution in [0, 0.1) is 0 Å². The summed E-state index contributed by atoms with van der Waals surface area (Å²) in [5, 5.41) is 10.3. The number of carbonyl (C=O) groups excluding carboxylic acids is 1. The summed E-state index contributed by atoms with van der Waals surface area (Å²) in [7, 11) is -2.46. The Morgan fingerprint density at radius 3 is 2.67 bits per heavy atom. The van der Waals surface area contributed by atoms with Crippen molar-refractivity contribution < 1.29 is 31.1 Å². The molecular formula is C28H30ClF3N6O4S. The number of nitrogens with one attached hydrogen (secondary N) is 1. The molecule has 1 aromatic heterocycles. The lowest BCUT2D eigenvalue weighted by Crippen LogP contribution is -2.50. The lowest BCUT2D eigenvalue weighted by atomic mass is 9.98. The number of aromatic nitrogens is 3. The normalized spacial score (nSPS) is 19.0. The average Bonchev–Trinajstić information content (AvgIpc) is 3.41. The van der Waals surface area contributed by atoms with Gasteiger partial charge in [-0.1, -0.05) is 28.9 Å². The van der Waals surface area contributed by atoms with E-state index in [1.54, 1.807) is 10.9 Å². The summed E-state index contributed by atoms with van der Waals surface area (Å²) in [5.74, 6) is 0.115. The number of carbonyl (C=O) groups is 1. The van der Waals surface area contributed by atoms with Gasteiger partial charge in [0.1, 0.15) is 16.7 Å². The van der Waals surface area contributed by atoms with Gasteiger partial charge in [-0.05, 0) is 50.7 Å². The molecule has 3 heterocycles. The van der Waals surface area contributed by atoms with Gasteiger partial charge in [0.15, 0.2) is 0 Å². The molecule has 0 spiro atoms. The smallest absolute Gasteiger partial charge is 0.416 e. The molecule has 2 aromatic carbocycles. The first-order chi connectivity index (χ1) is 20.3. The van der Waals surface area contributed by atoms with Crippen LogP contribution in [0.4, 0.5) is 13.2 Å². The number of nitrogens with zero attached hydrogens (tertiary/aromatic N) is 5. The number of amides is 1. The second-order valence-electron chi connectivity index (χ2n) is 10.7. The third kappa shape index (κ3) is 6.36. The molecular weight excluding hydrogens is 609 g/mol. The van der Waals surface area contributed by atoms with Gasteiger partial charge in [0.25, 0.3) is 10.0 Å². The lowest BCUT2D eigenvalue weighted by molar-refractivity contribution is -0.137. The number of alkyl halides is 3. The van der Waals surface area contributed by atoms with E-state index in [1.807, 2.05) is 18.2 Å². The van der Waals surface area contributed by atoms with Gasteiger partial charge in [-0.15, -0.1) is 5.10 Å². The molecule has 2 atom stereocenters. The van der Waals surface area contributed by atoms with Gasteiger partial charge in [0, 0.05) is 49.6 Å². The van der Waals surface area contributed by atoms with Crippen LogP contribution in [-0.2, 0) is 34.0 Å². The lowest BCUT2D eigenvalue weighted by Gasteiger charge is -2.31. The van der Waals surface area contributed by atoms with Crippen LogP contribution >= 0.6 is 11.6 Å². The van der Waals surface area contributed by atoms with Crippen LogP contribution in [0.25, 0.3) is 0 Å². The number of hydrogen-bond donors (Lipinski definition) is 1. The number of benzene rings is 2. The molecule has 0 saturated carbocycles. The number of sulfonamides is 1. The Kier molecular flexibility index (Phi) is 8.47. The SMILES string of the molecule is CC(C)N(C)Cc1ccc2c(c1)OCCC2n1cc(CC2C(=O)NC=CN2S(=O)(=O)c2ccc(C(F)(F)F)cc2Cl)nn1. The monoisotopic (exact) mass is 638 g/mol. The molecule has 0 fully saturated rings. The van der Waals surface area contributed by atoms with Crippen molar-refractivity contribution in [2.45, 2.75) is 62.4 Å². The van der Waals surface area contributed by atoms with E-state index in [4.69, 9.17) is 16.3 Å². The summed E-state index contributed by atoms with van der Waals surface area (Å²) in [6, 6.07) is 6.93. The van der Waals surface area contributed by atoms with E-state index in [2.05, 4.69) is 41.4 Å². The predicted molar refractivity (Wildman–Crippen MR) is 152 cm³/mol. The molecule has 15 heteroatoms. The van der Waals surface area contributed by atoms with Gasteiger partial charge in [-0.2, -0.15) is 13.2 Å². The highest BCUT2D eigenvalue weighted by atomic mass is 35.5. The molecule has 3 aromatic rings. The highest BCUT2D eigenvalue weighted by Crippen LogP contribution is 2.37. The van der Waals surface area contributed by atoms with Crippen LogP contribution in [0.2, 0.25) is 5.02 Å². The fourth-order valence-corrected chi connectivity index (χ4v) is 6.93. The topological polar surface area (TPSA) is 110 Å². The fourth-order valence-electron chi connectivity index (χ4n) is 4.95. The highest BCUT2D eigenvalue weighted by molar-refractivity contribution is 7.89. The number of ether oxygens (including phenoxy) is 1. The summed E-state index contributed by atoms with van der Waals surface area (Å²) >= 11 is 5.99. The average molecular weight is 639 g/mol. The maximum absolute atomic E-state index is 13.5. The van der Waals surface area contributed by atoms with E-state index in [0.717, 1.165) is 46.2 Å². The minimum absolute atomic E-state index is 0.149. The molecule has 2 unspecified atom stereocenters. The van der Waals surface area contributed by atoms with Crippen molar-refractivity contribution in [1.82, 2.24) is 29.5 Å². The van der Waals surface area contributed by atoms with Gasteiger partial charge >= 0.3 is 6.18 Å². The van der Waals surface area contributed by atoms with Crippen LogP contribution in [0.15, 0.2) is 59.9 Å². The van der Waals surface area contributed by atoms with Gasteiger partial charge < -0.3 is 10.1 Å². The molecule has 2 aliphatic heterocycles. The second kappa shape index (κ2) is 11.8. The van der Waals surface area contributed by atoms with Crippen molar-refractivity contribution in [3.63, 3.8) is 0 Å². The molecule has 230 valence electrons. The highest BCUT2D eigenvalue weighted by Gasteiger charge is 2.39. The third-order valence-electron chi connectivity index (χ3n) is 7.55. The van der Waals surface area contributed by atoms with E-state index in [1.165, 1.54) is 0 Å². The molecule has 0 radical (unpaired) electrons. The van der Waals surface area contributed by atoms with Crippen molar-refractivity contribution in [1.29, 1.82) is 0 Å². The number of rotatable bonds is 8. The molecule has 2 aliphatic rings. The minimum atomic E-state index is -4.71. The first-order valence-electron chi connectivity index (χ1n) is 13.5. The Bertz CT molecular complexity index is 1660. The van der Waals surface area contributed by atoms with Crippen molar-refractivity contribution in [2.75, 3.05) is 13.7 Å². The van der Waals surface area contributed by atoms with Gasteiger partial charge in [0.2, 0.25) is 5.91 Å². The molecule has 43 heavy (non-hydrogen) atoms. The van der Waals surface area contributed by atoms with Gasteiger partial charge in [-0.25, -0.2) is 13.1 Å². The Balaban J connectivity index is 1.38. The van der Waals surface area contributed by atoms with E-state index in [-0.39, 0.29) is 12.5 Å². The molecule has 10 nitrogen and oxygen atoms in total. The summed E-state index contributed by atoms with van der Waals surface area (Å²) < 4.78 is 74.7. The van der Waals surface area contributed by atoms with Crippen LogP contribution in [-0.4, -0.2) is 64.3 Å². The summed E-state index contributed by atoms with van der Waals surface area (Å²) in [4.78, 5) is 14.5. The number of hydrogen-bond acceptors (Lipinski definition) is 7.